The molecule has 3 aromatic rings. The lowest BCUT2D eigenvalue weighted by atomic mass is 10.3. The van der Waals surface area contributed by atoms with Crippen molar-refractivity contribution >= 4 is 11.6 Å². The van der Waals surface area contributed by atoms with Gasteiger partial charge in [0.1, 0.15) is 11.5 Å². The molecule has 0 unspecified atom stereocenters. The first-order chi connectivity index (χ1) is 12.5. The zero-order valence-electron chi connectivity index (χ0n) is 13.4. The zero-order valence-corrected chi connectivity index (χ0v) is 13.4. The molecule has 1 N–H and O–H groups in total. The van der Waals surface area contributed by atoms with Gasteiger partial charge < -0.3 is 19.0 Å². The summed E-state index contributed by atoms with van der Waals surface area (Å²) >= 11 is 0. The van der Waals surface area contributed by atoms with Crippen LogP contribution in [0.4, 0.5) is 14.5 Å². The van der Waals surface area contributed by atoms with Crippen molar-refractivity contribution in [1.82, 2.24) is 4.57 Å². The average molecular weight is 360 g/mol. The Hall–Kier alpha value is -3.42. The molecule has 0 fully saturated rings. The standard InChI is InChI=1S/C18H14F2N2O4/c19-18(20)26-14-6-2-1-5-13(14)21-17(24)15-9-8-12(25-15)11-22-10-4-3-7-16(22)23/h1-10,18H,11H2,(H,21,24). The molecule has 8 heteroatoms. The number of furan rings is 1. The van der Waals surface area contributed by atoms with Crippen molar-refractivity contribution in [3.63, 3.8) is 0 Å². The van der Waals surface area contributed by atoms with Gasteiger partial charge in [-0.3, -0.25) is 9.59 Å². The molecule has 0 aliphatic carbocycles. The highest BCUT2D eigenvalue weighted by atomic mass is 19.3. The van der Waals surface area contributed by atoms with Gasteiger partial charge in [0.2, 0.25) is 0 Å². The summed E-state index contributed by atoms with van der Waals surface area (Å²) in [4.78, 5) is 24.0. The fraction of sp³-hybridized carbons (Fsp3) is 0.111. The number of nitrogens with zero attached hydrogens (tertiary/aromatic N) is 1. The average Bonchev–Trinajstić information content (AvgIpc) is 3.07. The van der Waals surface area contributed by atoms with Gasteiger partial charge in [0.25, 0.3) is 11.5 Å². The molecule has 0 spiro atoms. The van der Waals surface area contributed by atoms with E-state index >= 15 is 0 Å². The van der Waals surface area contributed by atoms with E-state index in [1.54, 1.807) is 30.5 Å². The highest BCUT2D eigenvalue weighted by Gasteiger charge is 2.15. The van der Waals surface area contributed by atoms with Crippen molar-refractivity contribution < 1.29 is 22.7 Å². The molecule has 1 aromatic carbocycles. The van der Waals surface area contributed by atoms with Crippen LogP contribution in [-0.4, -0.2) is 17.1 Å². The van der Waals surface area contributed by atoms with Crippen LogP contribution in [0.5, 0.6) is 5.75 Å². The number of pyridine rings is 1. The van der Waals surface area contributed by atoms with Gasteiger partial charge in [0, 0.05) is 12.3 Å². The molecule has 6 nitrogen and oxygen atoms in total. The minimum Gasteiger partial charge on any atom is -0.454 e. The van der Waals surface area contributed by atoms with E-state index < -0.39 is 12.5 Å². The number of hydrogen-bond acceptors (Lipinski definition) is 4. The minimum atomic E-state index is -3.01. The van der Waals surface area contributed by atoms with Gasteiger partial charge in [-0.25, -0.2) is 0 Å². The Morgan fingerprint density at radius 3 is 2.65 bits per heavy atom. The summed E-state index contributed by atoms with van der Waals surface area (Å²) < 4.78 is 36.1. The molecule has 26 heavy (non-hydrogen) atoms. The number of nitrogens with one attached hydrogen (secondary N) is 1. The van der Waals surface area contributed by atoms with Crippen molar-refractivity contribution in [2.24, 2.45) is 0 Å². The Balaban J connectivity index is 1.73. The van der Waals surface area contributed by atoms with E-state index in [9.17, 15) is 18.4 Å². The molecule has 0 saturated heterocycles. The number of benzene rings is 1. The summed E-state index contributed by atoms with van der Waals surface area (Å²) in [6.07, 6.45) is 1.60. The van der Waals surface area contributed by atoms with Crippen molar-refractivity contribution in [3.8, 4) is 5.75 Å². The second-order valence-electron chi connectivity index (χ2n) is 5.26. The second-order valence-corrected chi connectivity index (χ2v) is 5.26. The molecular weight excluding hydrogens is 346 g/mol. The van der Waals surface area contributed by atoms with Gasteiger partial charge in [-0.15, -0.1) is 0 Å². The van der Waals surface area contributed by atoms with E-state index in [1.165, 1.54) is 34.9 Å². The van der Waals surface area contributed by atoms with Crippen molar-refractivity contribution in [2.75, 3.05) is 5.32 Å². The van der Waals surface area contributed by atoms with Gasteiger partial charge in [0.05, 0.1) is 12.2 Å². The number of carbonyl (C=O) groups is 1. The van der Waals surface area contributed by atoms with E-state index in [-0.39, 0.29) is 29.3 Å². The number of carbonyl (C=O) groups excluding carboxylic acids is 1. The number of aromatic nitrogens is 1. The summed E-state index contributed by atoms with van der Waals surface area (Å²) in [6.45, 7) is -2.84. The smallest absolute Gasteiger partial charge is 0.387 e. The quantitative estimate of drug-likeness (QED) is 0.732. The minimum absolute atomic E-state index is 0.0177. The monoisotopic (exact) mass is 360 g/mol. The molecule has 0 aliphatic rings. The number of amides is 1. The van der Waals surface area contributed by atoms with Crippen molar-refractivity contribution in [1.29, 1.82) is 0 Å². The van der Waals surface area contributed by atoms with Crippen LogP contribution >= 0.6 is 0 Å². The number of alkyl halides is 2. The van der Waals surface area contributed by atoms with Gasteiger partial charge in [-0.1, -0.05) is 18.2 Å². The highest BCUT2D eigenvalue weighted by molar-refractivity contribution is 6.03. The van der Waals surface area contributed by atoms with Gasteiger partial charge >= 0.3 is 6.61 Å². The number of halogens is 2. The Morgan fingerprint density at radius 2 is 1.88 bits per heavy atom. The predicted octanol–water partition coefficient (Wildman–Crippen LogP) is 3.34. The first-order valence-corrected chi connectivity index (χ1v) is 7.62. The molecule has 0 atom stereocenters. The normalized spacial score (nSPS) is 10.7. The van der Waals surface area contributed by atoms with Crippen LogP contribution in [0.1, 0.15) is 16.3 Å². The fourth-order valence-electron chi connectivity index (χ4n) is 2.30. The number of hydrogen-bond donors (Lipinski definition) is 1. The molecule has 134 valence electrons. The van der Waals surface area contributed by atoms with Gasteiger partial charge in [-0.05, 0) is 30.3 Å². The van der Waals surface area contributed by atoms with Crippen molar-refractivity contribution in [3.05, 3.63) is 82.7 Å². The molecule has 3 rings (SSSR count). The SMILES string of the molecule is O=C(Nc1ccccc1OC(F)F)c1ccc(Cn2ccccc2=O)o1. The zero-order chi connectivity index (χ0) is 18.5. The Morgan fingerprint density at radius 1 is 1.12 bits per heavy atom. The lowest BCUT2D eigenvalue weighted by molar-refractivity contribution is -0.0493. The largest absolute Gasteiger partial charge is 0.454 e. The van der Waals surface area contributed by atoms with Gasteiger partial charge in [-0.2, -0.15) is 8.78 Å². The number of ether oxygens (including phenoxy) is 1. The topological polar surface area (TPSA) is 73.5 Å². The summed E-state index contributed by atoms with van der Waals surface area (Å²) in [5, 5.41) is 2.46. The molecule has 2 heterocycles. The molecule has 0 aliphatic heterocycles. The van der Waals surface area contributed by atoms with Crippen LogP contribution in [0.25, 0.3) is 0 Å². The first kappa shape index (κ1) is 17.4. The third-order valence-electron chi connectivity index (χ3n) is 3.46. The van der Waals surface area contributed by atoms with Crippen LogP contribution < -0.4 is 15.6 Å². The van der Waals surface area contributed by atoms with E-state index in [4.69, 9.17) is 4.42 Å². The summed E-state index contributed by atoms with van der Waals surface area (Å²) in [7, 11) is 0. The van der Waals surface area contributed by atoms with Gasteiger partial charge in [0.15, 0.2) is 5.76 Å². The molecule has 0 saturated carbocycles. The maximum absolute atomic E-state index is 12.4. The number of rotatable bonds is 6. The molecule has 1 amide bonds. The predicted molar refractivity (Wildman–Crippen MR) is 89.5 cm³/mol. The van der Waals surface area contributed by atoms with Crippen LogP contribution in [0.3, 0.4) is 0 Å². The van der Waals surface area contributed by atoms with E-state index in [0.29, 0.717) is 5.76 Å². The Kier molecular flexibility index (Phi) is 5.12. The van der Waals surface area contributed by atoms with E-state index in [2.05, 4.69) is 10.1 Å². The Labute approximate surface area is 146 Å². The first-order valence-electron chi connectivity index (χ1n) is 7.62. The van der Waals surface area contributed by atoms with Crippen LogP contribution in [0.2, 0.25) is 0 Å². The molecule has 0 bridgehead atoms. The third-order valence-corrected chi connectivity index (χ3v) is 3.46. The Bertz CT molecular complexity index is 965. The van der Waals surface area contributed by atoms with Crippen LogP contribution in [-0.2, 0) is 6.54 Å². The van der Waals surface area contributed by atoms with E-state index in [1.807, 2.05) is 0 Å². The molecule has 2 aromatic heterocycles. The number of anilines is 1. The maximum Gasteiger partial charge on any atom is 0.387 e. The highest BCUT2D eigenvalue weighted by Crippen LogP contribution is 2.26. The number of para-hydroxylation sites is 2. The summed E-state index contributed by atoms with van der Waals surface area (Å²) in [5.41, 5.74) is -0.108. The third kappa shape index (κ3) is 4.15. The van der Waals surface area contributed by atoms with Crippen molar-refractivity contribution in [2.45, 2.75) is 13.2 Å². The fourth-order valence-corrected chi connectivity index (χ4v) is 2.30. The lowest BCUT2D eigenvalue weighted by Crippen LogP contribution is -2.18. The second kappa shape index (κ2) is 7.64. The lowest BCUT2D eigenvalue weighted by Gasteiger charge is -2.10. The summed E-state index contributed by atoms with van der Waals surface area (Å²) in [5.74, 6) is -0.392. The molecule has 0 radical (unpaired) electrons. The molecular formula is C18H14F2N2O4. The summed E-state index contributed by atoms with van der Waals surface area (Å²) in [6, 6.07) is 13.6. The van der Waals surface area contributed by atoms with Crippen LogP contribution in [0, 0.1) is 0 Å². The van der Waals surface area contributed by atoms with E-state index in [0.717, 1.165) is 0 Å². The van der Waals surface area contributed by atoms with Crippen LogP contribution in [0.15, 0.2) is 70.0 Å². The maximum atomic E-state index is 12.4.